The Morgan fingerprint density at radius 2 is 1.86 bits per heavy atom. The first-order valence-electron chi connectivity index (χ1n) is 7.75. The standard InChI is InChI=1S/C16H26O5/c1-5-6-7-8-9-10-13(18)20-14-11(2)16(4,12(3)17)15(19)21-14/h11,14H,5-10H2,1-4H3. The highest BCUT2D eigenvalue weighted by Crippen LogP contribution is 2.40. The summed E-state index contributed by atoms with van der Waals surface area (Å²) >= 11 is 0. The van der Waals surface area contributed by atoms with Gasteiger partial charge in [0.1, 0.15) is 11.2 Å². The SMILES string of the molecule is CCCCCCCC(=O)OC1OC(=O)C(C)(C(C)=O)C1C. The molecule has 0 aromatic rings. The van der Waals surface area contributed by atoms with E-state index in [-0.39, 0.29) is 11.8 Å². The van der Waals surface area contributed by atoms with Gasteiger partial charge in [0, 0.05) is 6.42 Å². The maximum absolute atomic E-state index is 11.8. The Balaban J connectivity index is 2.44. The molecule has 120 valence electrons. The van der Waals surface area contributed by atoms with E-state index in [1.165, 1.54) is 13.3 Å². The monoisotopic (exact) mass is 298 g/mol. The van der Waals surface area contributed by atoms with E-state index in [0.29, 0.717) is 6.42 Å². The number of ether oxygens (including phenoxy) is 2. The number of cyclic esters (lactones) is 1. The number of rotatable bonds is 8. The van der Waals surface area contributed by atoms with Crippen LogP contribution in [-0.4, -0.2) is 24.0 Å². The number of hydrogen-bond donors (Lipinski definition) is 0. The van der Waals surface area contributed by atoms with Crippen LogP contribution >= 0.6 is 0 Å². The summed E-state index contributed by atoms with van der Waals surface area (Å²) in [5, 5.41) is 0. The molecule has 0 amide bonds. The minimum absolute atomic E-state index is 0.266. The van der Waals surface area contributed by atoms with E-state index in [4.69, 9.17) is 9.47 Å². The number of unbranched alkanes of at least 4 members (excludes halogenated alkanes) is 4. The fraction of sp³-hybridized carbons (Fsp3) is 0.812. The summed E-state index contributed by atoms with van der Waals surface area (Å²) in [6, 6.07) is 0. The Hall–Kier alpha value is -1.39. The molecule has 0 bridgehead atoms. The third-order valence-corrected chi connectivity index (χ3v) is 4.43. The largest absolute Gasteiger partial charge is 0.425 e. The highest BCUT2D eigenvalue weighted by Gasteiger charge is 2.56. The van der Waals surface area contributed by atoms with Crippen molar-refractivity contribution in [2.75, 3.05) is 0 Å². The molecule has 5 nitrogen and oxygen atoms in total. The second kappa shape index (κ2) is 7.57. The fourth-order valence-corrected chi connectivity index (χ4v) is 2.44. The predicted molar refractivity (Wildman–Crippen MR) is 77.3 cm³/mol. The van der Waals surface area contributed by atoms with Crippen LogP contribution in [0.15, 0.2) is 0 Å². The molecule has 1 aliphatic heterocycles. The fourth-order valence-electron chi connectivity index (χ4n) is 2.44. The molecular weight excluding hydrogens is 272 g/mol. The van der Waals surface area contributed by atoms with Crippen molar-refractivity contribution in [3.05, 3.63) is 0 Å². The van der Waals surface area contributed by atoms with Crippen molar-refractivity contribution in [2.24, 2.45) is 11.3 Å². The Morgan fingerprint density at radius 1 is 1.24 bits per heavy atom. The number of Topliss-reactive ketones (excluding diaryl/α,β-unsaturated/α-hetero) is 1. The lowest BCUT2D eigenvalue weighted by Crippen LogP contribution is -2.37. The molecule has 0 aromatic carbocycles. The van der Waals surface area contributed by atoms with Crippen LogP contribution in [0.4, 0.5) is 0 Å². The quantitative estimate of drug-likeness (QED) is 0.391. The average molecular weight is 298 g/mol. The van der Waals surface area contributed by atoms with Crippen LogP contribution in [0.3, 0.4) is 0 Å². The van der Waals surface area contributed by atoms with Crippen molar-refractivity contribution in [3.8, 4) is 0 Å². The van der Waals surface area contributed by atoms with Gasteiger partial charge in [0.15, 0.2) is 0 Å². The van der Waals surface area contributed by atoms with E-state index in [2.05, 4.69) is 6.92 Å². The molecule has 1 saturated heterocycles. The molecule has 1 aliphatic rings. The third kappa shape index (κ3) is 4.05. The molecule has 0 radical (unpaired) electrons. The first-order valence-corrected chi connectivity index (χ1v) is 7.75. The van der Waals surface area contributed by atoms with Crippen LogP contribution in [0.2, 0.25) is 0 Å². The van der Waals surface area contributed by atoms with Gasteiger partial charge < -0.3 is 9.47 Å². The zero-order chi connectivity index (χ0) is 16.0. The lowest BCUT2D eigenvalue weighted by molar-refractivity contribution is -0.181. The van der Waals surface area contributed by atoms with Gasteiger partial charge in [-0.25, -0.2) is 0 Å². The molecular formula is C16H26O5. The van der Waals surface area contributed by atoms with E-state index >= 15 is 0 Å². The van der Waals surface area contributed by atoms with Crippen LogP contribution in [-0.2, 0) is 23.9 Å². The normalized spacial score (nSPS) is 28.3. The lowest BCUT2D eigenvalue weighted by Gasteiger charge is -2.22. The van der Waals surface area contributed by atoms with Crippen LogP contribution in [0.5, 0.6) is 0 Å². The first kappa shape index (κ1) is 17.7. The summed E-state index contributed by atoms with van der Waals surface area (Å²) in [5.74, 6) is -1.71. The van der Waals surface area contributed by atoms with Gasteiger partial charge in [0.25, 0.3) is 6.29 Å². The topological polar surface area (TPSA) is 69.7 Å². The van der Waals surface area contributed by atoms with E-state index in [1.54, 1.807) is 13.8 Å². The van der Waals surface area contributed by atoms with Crippen molar-refractivity contribution < 1.29 is 23.9 Å². The van der Waals surface area contributed by atoms with Gasteiger partial charge in [0.2, 0.25) is 0 Å². The summed E-state index contributed by atoms with van der Waals surface area (Å²) in [5.41, 5.74) is -1.22. The Morgan fingerprint density at radius 3 is 2.38 bits per heavy atom. The zero-order valence-corrected chi connectivity index (χ0v) is 13.4. The smallest absolute Gasteiger partial charge is 0.322 e. The molecule has 21 heavy (non-hydrogen) atoms. The van der Waals surface area contributed by atoms with E-state index in [1.807, 2.05) is 0 Å². The molecule has 1 heterocycles. The molecule has 0 saturated carbocycles. The molecule has 1 fully saturated rings. The van der Waals surface area contributed by atoms with Gasteiger partial charge in [0.05, 0.1) is 5.92 Å². The van der Waals surface area contributed by atoms with Crippen molar-refractivity contribution >= 4 is 17.7 Å². The van der Waals surface area contributed by atoms with Crippen molar-refractivity contribution in [1.82, 2.24) is 0 Å². The Kier molecular flexibility index (Phi) is 6.37. The Labute approximate surface area is 126 Å². The summed E-state index contributed by atoms with van der Waals surface area (Å²) in [6.07, 6.45) is 4.58. The van der Waals surface area contributed by atoms with E-state index in [0.717, 1.165) is 25.7 Å². The molecule has 3 unspecified atom stereocenters. The minimum Gasteiger partial charge on any atom is -0.425 e. The third-order valence-electron chi connectivity index (χ3n) is 4.43. The molecule has 5 heteroatoms. The second-order valence-electron chi connectivity index (χ2n) is 5.97. The van der Waals surface area contributed by atoms with Crippen molar-refractivity contribution in [3.63, 3.8) is 0 Å². The number of hydrogen-bond acceptors (Lipinski definition) is 5. The molecule has 0 spiro atoms. The van der Waals surface area contributed by atoms with Gasteiger partial charge in [-0.1, -0.05) is 39.5 Å². The lowest BCUT2D eigenvalue weighted by atomic mass is 9.77. The van der Waals surface area contributed by atoms with Crippen LogP contribution < -0.4 is 0 Å². The summed E-state index contributed by atoms with van der Waals surface area (Å²) in [6.45, 7) is 6.73. The number of carbonyl (C=O) groups is 3. The molecule has 0 aliphatic carbocycles. The first-order chi connectivity index (χ1) is 9.83. The number of carbonyl (C=O) groups excluding carboxylic acids is 3. The zero-order valence-electron chi connectivity index (χ0n) is 13.4. The van der Waals surface area contributed by atoms with Gasteiger partial charge in [-0.15, -0.1) is 0 Å². The maximum atomic E-state index is 11.8. The van der Waals surface area contributed by atoms with Crippen molar-refractivity contribution in [1.29, 1.82) is 0 Å². The van der Waals surface area contributed by atoms with Gasteiger partial charge in [-0.05, 0) is 20.3 Å². The molecule has 0 aromatic heterocycles. The van der Waals surface area contributed by atoms with Crippen molar-refractivity contribution in [2.45, 2.75) is 72.5 Å². The van der Waals surface area contributed by atoms with Gasteiger partial charge in [-0.2, -0.15) is 0 Å². The maximum Gasteiger partial charge on any atom is 0.322 e. The predicted octanol–water partition coefficient (Wildman–Crippen LogP) is 3.00. The minimum atomic E-state index is -1.22. The second-order valence-corrected chi connectivity index (χ2v) is 5.97. The van der Waals surface area contributed by atoms with E-state index in [9.17, 15) is 14.4 Å². The summed E-state index contributed by atoms with van der Waals surface area (Å²) < 4.78 is 10.3. The average Bonchev–Trinajstić information content (AvgIpc) is 2.64. The Bertz CT molecular complexity index is 403. The summed E-state index contributed by atoms with van der Waals surface area (Å²) in [7, 11) is 0. The summed E-state index contributed by atoms with van der Waals surface area (Å²) in [4.78, 5) is 35.3. The van der Waals surface area contributed by atoms with Gasteiger partial charge in [-0.3, -0.25) is 14.4 Å². The number of ketones is 1. The van der Waals surface area contributed by atoms with Crippen LogP contribution in [0, 0.1) is 11.3 Å². The van der Waals surface area contributed by atoms with E-state index < -0.39 is 23.6 Å². The van der Waals surface area contributed by atoms with Crippen LogP contribution in [0.25, 0.3) is 0 Å². The number of esters is 2. The van der Waals surface area contributed by atoms with Crippen LogP contribution in [0.1, 0.15) is 66.2 Å². The molecule has 3 atom stereocenters. The highest BCUT2D eigenvalue weighted by molar-refractivity contribution is 6.03. The molecule has 1 rings (SSSR count). The van der Waals surface area contributed by atoms with Gasteiger partial charge >= 0.3 is 11.9 Å². The molecule has 0 N–H and O–H groups in total. The highest BCUT2D eigenvalue weighted by atomic mass is 16.7.